The SMILES string of the molecule is CN=C(NCC(C)(C)C(=O)NC)N1CCN(c2ccccc2OC)CC1.I. The number of methoxy groups -OCH3 is 1. The normalized spacial score (nSPS) is 15.1. The van der Waals surface area contributed by atoms with Crippen LogP contribution in [0.25, 0.3) is 0 Å². The molecule has 0 saturated carbocycles. The number of nitrogens with one attached hydrogen (secondary N) is 2. The topological polar surface area (TPSA) is 69.2 Å². The number of anilines is 1. The summed E-state index contributed by atoms with van der Waals surface area (Å²) >= 11 is 0. The number of halogens is 1. The van der Waals surface area contributed by atoms with Gasteiger partial charge in [-0.05, 0) is 26.0 Å². The minimum atomic E-state index is -0.496. The van der Waals surface area contributed by atoms with Crippen LogP contribution in [-0.2, 0) is 4.79 Å². The Hall–Kier alpha value is -1.71. The van der Waals surface area contributed by atoms with Gasteiger partial charge < -0.3 is 25.2 Å². The monoisotopic (exact) mass is 489 g/mol. The molecule has 1 amide bonds. The van der Waals surface area contributed by atoms with Crippen molar-refractivity contribution in [2.45, 2.75) is 13.8 Å². The molecule has 0 aliphatic carbocycles. The molecule has 0 radical (unpaired) electrons. The third kappa shape index (κ3) is 5.88. The number of hydrogen-bond acceptors (Lipinski definition) is 4. The number of benzene rings is 1. The largest absolute Gasteiger partial charge is 0.495 e. The van der Waals surface area contributed by atoms with Crippen LogP contribution in [0.4, 0.5) is 5.69 Å². The molecule has 1 heterocycles. The smallest absolute Gasteiger partial charge is 0.227 e. The van der Waals surface area contributed by atoms with Gasteiger partial charge in [0, 0.05) is 46.8 Å². The van der Waals surface area contributed by atoms with E-state index in [1.165, 1.54) is 0 Å². The summed E-state index contributed by atoms with van der Waals surface area (Å²) < 4.78 is 5.47. The quantitative estimate of drug-likeness (QED) is 0.375. The first-order chi connectivity index (χ1) is 12.4. The Labute approximate surface area is 179 Å². The van der Waals surface area contributed by atoms with E-state index in [2.05, 4.69) is 31.5 Å². The highest BCUT2D eigenvalue weighted by Crippen LogP contribution is 2.28. The molecule has 27 heavy (non-hydrogen) atoms. The maximum Gasteiger partial charge on any atom is 0.227 e. The molecular weight excluding hydrogens is 457 g/mol. The van der Waals surface area contributed by atoms with Crippen molar-refractivity contribution in [1.29, 1.82) is 0 Å². The van der Waals surface area contributed by atoms with Crippen LogP contribution in [0.3, 0.4) is 0 Å². The van der Waals surface area contributed by atoms with Crippen molar-refractivity contribution in [3.8, 4) is 5.75 Å². The summed E-state index contributed by atoms with van der Waals surface area (Å²) in [7, 11) is 5.15. The Bertz CT molecular complexity index is 643. The number of carbonyl (C=O) groups is 1. The van der Waals surface area contributed by atoms with Gasteiger partial charge in [-0.15, -0.1) is 24.0 Å². The van der Waals surface area contributed by atoms with Gasteiger partial charge in [0.1, 0.15) is 5.75 Å². The molecule has 1 aliphatic heterocycles. The fourth-order valence-corrected chi connectivity index (χ4v) is 3.10. The first-order valence-corrected chi connectivity index (χ1v) is 8.98. The fraction of sp³-hybridized carbons (Fsp3) is 0.579. The summed E-state index contributed by atoms with van der Waals surface area (Å²) in [6.45, 7) is 7.87. The van der Waals surface area contributed by atoms with Crippen LogP contribution in [0.5, 0.6) is 5.75 Å². The summed E-state index contributed by atoms with van der Waals surface area (Å²) in [5.41, 5.74) is 0.627. The third-order valence-corrected chi connectivity index (χ3v) is 4.75. The minimum absolute atomic E-state index is 0. The molecule has 7 nitrogen and oxygen atoms in total. The number of nitrogens with zero attached hydrogens (tertiary/aromatic N) is 3. The number of para-hydroxylation sites is 2. The van der Waals surface area contributed by atoms with Crippen molar-refractivity contribution in [2.75, 3.05) is 58.8 Å². The number of ether oxygens (including phenoxy) is 1. The number of hydrogen-bond donors (Lipinski definition) is 2. The lowest BCUT2D eigenvalue weighted by molar-refractivity contribution is -0.128. The number of amides is 1. The first kappa shape index (κ1) is 23.3. The van der Waals surface area contributed by atoms with Crippen molar-refractivity contribution in [3.05, 3.63) is 24.3 Å². The molecule has 1 saturated heterocycles. The molecule has 0 atom stereocenters. The Balaban J connectivity index is 0.00000364. The van der Waals surface area contributed by atoms with Gasteiger partial charge in [-0.2, -0.15) is 0 Å². The highest BCUT2D eigenvalue weighted by Gasteiger charge is 2.28. The summed E-state index contributed by atoms with van der Waals surface area (Å²) in [5.74, 6) is 1.75. The van der Waals surface area contributed by atoms with Gasteiger partial charge in [-0.25, -0.2) is 0 Å². The van der Waals surface area contributed by atoms with Crippen LogP contribution in [0.1, 0.15) is 13.8 Å². The van der Waals surface area contributed by atoms with E-state index in [1.54, 1.807) is 21.2 Å². The van der Waals surface area contributed by atoms with E-state index < -0.39 is 5.41 Å². The van der Waals surface area contributed by atoms with Gasteiger partial charge in [0.05, 0.1) is 18.2 Å². The second-order valence-corrected chi connectivity index (χ2v) is 7.01. The molecule has 0 aromatic heterocycles. The van der Waals surface area contributed by atoms with Crippen LogP contribution >= 0.6 is 24.0 Å². The molecule has 1 aromatic rings. The maximum absolute atomic E-state index is 11.9. The number of guanidine groups is 1. The van der Waals surface area contributed by atoms with Crippen molar-refractivity contribution < 1.29 is 9.53 Å². The lowest BCUT2D eigenvalue weighted by atomic mass is 9.92. The van der Waals surface area contributed by atoms with Crippen LogP contribution < -0.4 is 20.3 Å². The Morgan fingerprint density at radius 3 is 2.41 bits per heavy atom. The summed E-state index contributed by atoms with van der Waals surface area (Å²) in [6, 6.07) is 8.10. The summed E-state index contributed by atoms with van der Waals surface area (Å²) in [4.78, 5) is 20.9. The zero-order valence-corrected chi connectivity index (χ0v) is 19.2. The zero-order chi connectivity index (χ0) is 19.2. The molecular formula is C19H32IN5O2. The predicted octanol–water partition coefficient (Wildman–Crippen LogP) is 1.78. The Morgan fingerprint density at radius 1 is 1.22 bits per heavy atom. The number of carbonyl (C=O) groups excluding carboxylic acids is 1. The molecule has 0 unspecified atom stereocenters. The van der Waals surface area contributed by atoms with Gasteiger partial charge in [0.15, 0.2) is 5.96 Å². The van der Waals surface area contributed by atoms with Crippen molar-refractivity contribution in [3.63, 3.8) is 0 Å². The zero-order valence-electron chi connectivity index (χ0n) is 16.9. The lowest BCUT2D eigenvalue weighted by Crippen LogP contribution is -2.54. The van der Waals surface area contributed by atoms with Crippen LogP contribution in [-0.4, -0.2) is 70.7 Å². The van der Waals surface area contributed by atoms with Gasteiger partial charge >= 0.3 is 0 Å². The molecule has 152 valence electrons. The lowest BCUT2D eigenvalue weighted by Gasteiger charge is -2.38. The molecule has 1 aliphatic rings. The molecule has 2 N–H and O–H groups in total. The summed E-state index contributed by atoms with van der Waals surface area (Å²) in [6.07, 6.45) is 0. The van der Waals surface area contributed by atoms with E-state index in [1.807, 2.05) is 32.0 Å². The van der Waals surface area contributed by atoms with Gasteiger partial charge in [-0.1, -0.05) is 12.1 Å². The number of rotatable bonds is 5. The third-order valence-electron chi connectivity index (χ3n) is 4.75. The van der Waals surface area contributed by atoms with E-state index in [0.717, 1.165) is 43.6 Å². The van der Waals surface area contributed by atoms with Crippen LogP contribution in [0.15, 0.2) is 29.3 Å². The van der Waals surface area contributed by atoms with Crippen molar-refractivity contribution in [2.24, 2.45) is 10.4 Å². The average Bonchev–Trinajstić information content (AvgIpc) is 2.68. The second-order valence-electron chi connectivity index (χ2n) is 7.01. The van der Waals surface area contributed by atoms with Crippen molar-refractivity contribution >= 4 is 41.5 Å². The van der Waals surface area contributed by atoms with Crippen LogP contribution in [0.2, 0.25) is 0 Å². The molecule has 1 aromatic carbocycles. The number of piperazine rings is 1. The minimum Gasteiger partial charge on any atom is -0.495 e. The van der Waals surface area contributed by atoms with Gasteiger partial charge in [-0.3, -0.25) is 9.79 Å². The molecule has 1 fully saturated rings. The van der Waals surface area contributed by atoms with Crippen LogP contribution in [0, 0.1) is 5.41 Å². The maximum atomic E-state index is 11.9. The van der Waals surface area contributed by atoms with E-state index in [4.69, 9.17) is 4.74 Å². The number of aliphatic imine (C=N–C) groups is 1. The van der Waals surface area contributed by atoms with E-state index in [0.29, 0.717) is 6.54 Å². The average molecular weight is 489 g/mol. The second kappa shape index (κ2) is 10.6. The van der Waals surface area contributed by atoms with Gasteiger partial charge in [0.25, 0.3) is 0 Å². The van der Waals surface area contributed by atoms with E-state index >= 15 is 0 Å². The Morgan fingerprint density at radius 2 is 1.85 bits per heavy atom. The molecule has 2 rings (SSSR count). The van der Waals surface area contributed by atoms with Crippen molar-refractivity contribution in [1.82, 2.24) is 15.5 Å². The van der Waals surface area contributed by atoms with Gasteiger partial charge in [0.2, 0.25) is 5.91 Å². The molecule has 0 spiro atoms. The standard InChI is InChI=1S/C19H31N5O2.HI/c1-19(2,17(25)20-3)14-22-18(21-4)24-12-10-23(11-13-24)15-8-6-7-9-16(15)26-5;/h6-9H,10-14H2,1-5H3,(H,20,25)(H,21,22);1H. The first-order valence-electron chi connectivity index (χ1n) is 8.98. The van der Waals surface area contributed by atoms with E-state index in [9.17, 15) is 4.79 Å². The van der Waals surface area contributed by atoms with E-state index in [-0.39, 0.29) is 29.9 Å². The molecule has 8 heteroatoms. The highest BCUT2D eigenvalue weighted by atomic mass is 127. The predicted molar refractivity (Wildman–Crippen MR) is 121 cm³/mol. The fourth-order valence-electron chi connectivity index (χ4n) is 3.10. The molecule has 0 bridgehead atoms. The highest BCUT2D eigenvalue weighted by molar-refractivity contribution is 14.0. The summed E-state index contributed by atoms with van der Waals surface area (Å²) in [5, 5.41) is 6.05. The Kier molecular flexibility index (Phi) is 9.14.